The monoisotopic (exact) mass is 753 g/mol. The molecule has 0 heterocycles. The number of carbonyl (C=O) groups excluding carboxylic acids is 5. The minimum absolute atomic E-state index is 0.0171. The summed E-state index contributed by atoms with van der Waals surface area (Å²) in [5.41, 5.74) is 4.27. The van der Waals surface area contributed by atoms with Crippen LogP contribution in [0.2, 0.25) is 0 Å². The Bertz CT molecular complexity index is 1840. The number of rotatable bonds is 19. The van der Waals surface area contributed by atoms with E-state index in [1.165, 1.54) is 18.7 Å². The van der Waals surface area contributed by atoms with Gasteiger partial charge >= 0.3 is 23.9 Å². The lowest BCUT2D eigenvalue weighted by Crippen LogP contribution is -2.37. The lowest BCUT2D eigenvalue weighted by Gasteiger charge is -2.23. The first-order valence-corrected chi connectivity index (χ1v) is 17.8. The van der Waals surface area contributed by atoms with Crippen LogP contribution in [0.5, 0.6) is 11.5 Å². The number of esters is 4. The zero-order valence-electron chi connectivity index (χ0n) is 32.7. The molecule has 0 N–H and O–H groups in total. The fraction of sp³-hybridized carbons (Fsp3) is 0.295. The second-order valence-electron chi connectivity index (χ2n) is 12.3. The maximum absolute atomic E-state index is 14.2. The van der Waals surface area contributed by atoms with Gasteiger partial charge in [0.2, 0.25) is 0 Å². The Morgan fingerprint density at radius 2 is 0.909 bits per heavy atom. The second kappa shape index (κ2) is 22.8. The van der Waals surface area contributed by atoms with Gasteiger partial charge in [-0.2, -0.15) is 0 Å². The summed E-state index contributed by atoms with van der Waals surface area (Å²) < 4.78 is 26.8. The van der Waals surface area contributed by atoms with Gasteiger partial charge in [0.05, 0.1) is 26.3 Å². The lowest BCUT2D eigenvalue weighted by atomic mass is 9.95. The van der Waals surface area contributed by atoms with Crippen molar-refractivity contribution in [3.63, 3.8) is 0 Å². The van der Waals surface area contributed by atoms with E-state index in [1.54, 1.807) is 62.4 Å². The van der Waals surface area contributed by atoms with E-state index in [4.69, 9.17) is 23.7 Å². The van der Waals surface area contributed by atoms with Crippen molar-refractivity contribution in [3.8, 4) is 33.8 Å². The van der Waals surface area contributed by atoms with Gasteiger partial charge < -0.3 is 28.6 Å². The summed E-state index contributed by atoms with van der Waals surface area (Å²) in [7, 11) is 0. The van der Waals surface area contributed by atoms with E-state index >= 15 is 0 Å². The van der Waals surface area contributed by atoms with Crippen LogP contribution in [-0.4, -0.2) is 74.2 Å². The van der Waals surface area contributed by atoms with Gasteiger partial charge in [-0.05, 0) is 92.4 Å². The molecule has 3 aromatic rings. The number of hydrogen-bond donors (Lipinski definition) is 0. The van der Waals surface area contributed by atoms with Crippen molar-refractivity contribution in [2.75, 3.05) is 39.5 Å². The van der Waals surface area contributed by atoms with Crippen molar-refractivity contribution in [1.82, 2.24) is 4.90 Å². The van der Waals surface area contributed by atoms with Crippen molar-refractivity contribution in [3.05, 3.63) is 121 Å². The normalized spacial score (nSPS) is 10.1. The van der Waals surface area contributed by atoms with Crippen LogP contribution >= 0.6 is 0 Å². The number of carbonyl (C=O) groups is 5. The average Bonchev–Trinajstić information content (AvgIpc) is 3.17. The predicted octanol–water partition coefficient (Wildman–Crippen LogP) is 8.10. The zero-order valence-corrected chi connectivity index (χ0v) is 32.7. The highest BCUT2D eigenvalue weighted by Gasteiger charge is 2.20. The number of ether oxygens (including phenoxy) is 5. The molecular weight excluding hydrogens is 702 g/mol. The third-order valence-corrected chi connectivity index (χ3v) is 7.43. The standard InChI is InChI=1S/C42H45NO10.C2H6/c1-27(2)39(45)50-21-9-20-49-36-14-10-31(11-15-36)33-24-34(32-12-16-37(17-13-32)53-42(48)30(7)8)26-35(25-33)38(44)43(18-22-51-40(46)28(3)4)19-23-52-41(47)29(5)6;1-2/h10-17,24-26H,1,3,5,7,9,18-23H2,2,4,6,8H3;1-2H3. The van der Waals surface area contributed by atoms with E-state index < -0.39 is 29.8 Å². The number of benzene rings is 3. The van der Waals surface area contributed by atoms with Crippen molar-refractivity contribution in [1.29, 1.82) is 0 Å². The number of nitrogens with zero attached hydrogens (tertiary/aromatic N) is 1. The van der Waals surface area contributed by atoms with E-state index in [9.17, 15) is 24.0 Å². The van der Waals surface area contributed by atoms with Crippen LogP contribution in [0.15, 0.2) is 115 Å². The van der Waals surface area contributed by atoms with E-state index in [2.05, 4.69) is 26.3 Å². The molecule has 3 aromatic carbocycles. The summed E-state index contributed by atoms with van der Waals surface area (Å²) in [5, 5.41) is 0. The Morgan fingerprint density at radius 1 is 0.509 bits per heavy atom. The quantitative estimate of drug-likeness (QED) is 0.0389. The van der Waals surface area contributed by atoms with Gasteiger partial charge in [0, 0.05) is 34.3 Å². The Balaban J connectivity index is 0.00000514. The van der Waals surface area contributed by atoms with Crippen LogP contribution in [-0.2, 0) is 33.4 Å². The molecule has 0 atom stereocenters. The smallest absolute Gasteiger partial charge is 0.338 e. The molecule has 0 aliphatic heterocycles. The molecule has 55 heavy (non-hydrogen) atoms. The van der Waals surface area contributed by atoms with Crippen molar-refractivity contribution < 1.29 is 47.7 Å². The van der Waals surface area contributed by atoms with Crippen LogP contribution < -0.4 is 9.47 Å². The van der Waals surface area contributed by atoms with Gasteiger partial charge in [0.1, 0.15) is 24.7 Å². The highest BCUT2D eigenvalue weighted by Crippen LogP contribution is 2.31. The molecule has 0 fully saturated rings. The van der Waals surface area contributed by atoms with Crippen LogP contribution in [0.4, 0.5) is 0 Å². The van der Waals surface area contributed by atoms with E-state index in [-0.39, 0.29) is 49.6 Å². The first-order chi connectivity index (χ1) is 26.2. The van der Waals surface area contributed by atoms with Crippen molar-refractivity contribution >= 4 is 29.8 Å². The minimum Gasteiger partial charge on any atom is -0.493 e. The average molecular weight is 754 g/mol. The van der Waals surface area contributed by atoms with Gasteiger partial charge in [-0.3, -0.25) is 4.79 Å². The van der Waals surface area contributed by atoms with Gasteiger partial charge in [-0.15, -0.1) is 0 Å². The Kier molecular flexibility index (Phi) is 18.6. The molecule has 0 aliphatic rings. The topological polar surface area (TPSA) is 135 Å². The summed E-state index contributed by atoms with van der Waals surface area (Å²) >= 11 is 0. The molecule has 0 saturated carbocycles. The summed E-state index contributed by atoms with van der Waals surface area (Å²) in [5.74, 6) is -1.64. The third kappa shape index (κ3) is 15.0. The summed E-state index contributed by atoms with van der Waals surface area (Å²) in [6, 6.07) is 19.5. The molecule has 11 heteroatoms. The van der Waals surface area contributed by atoms with E-state index in [1.807, 2.05) is 32.0 Å². The minimum atomic E-state index is -0.591. The Morgan fingerprint density at radius 3 is 1.33 bits per heavy atom. The second-order valence-corrected chi connectivity index (χ2v) is 12.3. The number of hydrogen-bond acceptors (Lipinski definition) is 10. The fourth-order valence-electron chi connectivity index (χ4n) is 4.52. The van der Waals surface area contributed by atoms with Crippen LogP contribution in [0.25, 0.3) is 22.3 Å². The van der Waals surface area contributed by atoms with E-state index in [0.29, 0.717) is 46.8 Å². The maximum atomic E-state index is 14.2. The molecule has 11 nitrogen and oxygen atoms in total. The zero-order chi connectivity index (χ0) is 41.1. The molecule has 3 rings (SSSR count). The molecule has 1 amide bonds. The van der Waals surface area contributed by atoms with Gasteiger partial charge in [-0.1, -0.05) is 64.4 Å². The van der Waals surface area contributed by atoms with Gasteiger partial charge in [-0.25, -0.2) is 19.2 Å². The van der Waals surface area contributed by atoms with Gasteiger partial charge in [0.15, 0.2) is 0 Å². The first-order valence-electron chi connectivity index (χ1n) is 17.8. The molecule has 0 aliphatic carbocycles. The lowest BCUT2D eigenvalue weighted by molar-refractivity contribution is -0.140. The van der Waals surface area contributed by atoms with Crippen LogP contribution in [0.3, 0.4) is 0 Å². The Labute approximate surface area is 323 Å². The van der Waals surface area contributed by atoms with Crippen molar-refractivity contribution in [2.45, 2.75) is 48.0 Å². The predicted molar refractivity (Wildman–Crippen MR) is 212 cm³/mol. The highest BCUT2D eigenvalue weighted by atomic mass is 16.5. The Hall–Kier alpha value is -6.23. The molecular formula is C44H51NO10. The fourth-order valence-corrected chi connectivity index (χ4v) is 4.52. The van der Waals surface area contributed by atoms with Crippen molar-refractivity contribution in [2.24, 2.45) is 0 Å². The first kappa shape index (κ1) is 44.9. The largest absolute Gasteiger partial charge is 0.493 e. The highest BCUT2D eigenvalue weighted by molar-refractivity contribution is 5.97. The molecule has 0 aromatic heterocycles. The molecule has 292 valence electrons. The molecule has 0 spiro atoms. The summed E-state index contributed by atoms with van der Waals surface area (Å²) in [6.45, 7) is 24.9. The molecule has 0 radical (unpaired) electrons. The third-order valence-electron chi connectivity index (χ3n) is 7.43. The van der Waals surface area contributed by atoms with E-state index in [0.717, 1.165) is 11.1 Å². The van der Waals surface area contributed by atoms with Crippen LogP contribution in [0.1, 0.15) is 58.3 Å². The van der Waals surface area contributed by atoms with Crippen LogP contribution in [0, 0.1) is 0 Å². The summed E-state index contributed by atoms with van der Waals surface area (Å²) in [4.78, 5) is 63.3. The maximum Gasteiger partial charge on any atom is 0.338 e. The molecule has 0 unspecified atom stereocenters. The summed E-state index contributed by atoms with van der Waals surface area (Å²) in [6.07, 6.45) is 0.495. The molecule has 0 bridgehead atoms. The SMILES string of the molecule is C=C(C)C(=O)OCCCOc1ccc(-c2cc(C(=O)N(CCOC(=O)C(=C)C)CCOC(=O)C(=C)C)cc(-c3ccc(OC(=O)C(=C)C)cc3)c2)cc1.CC. The molecule has 0 saturated heterocycles. The number of amides is 1. The van der Waals surface area contributed by atoms with Gasteiger partial charge in [0.25, 0.3) is 5.91 Å².